The minimum absolute atomic E-state index is 0.395. The molecule has 166 valence electrons. The van der Waals surface area contributed by atoms with Gasteiger partial charge in [-0.1, -0.05) is 6.58 Å². The van der Waals surface area contributed by atoms with Crippen LogP contribution in [0.4, 0.5) is 4.79 Å². The van der Waals surface area contributed by atoms with E-state index in [0.717, 1.165) is 0 Å². The Hall–Kier alpha value is -1.39. The highest BCUT2D eigenvalue weighted by Crippen LogP contribution is 2.05. The van der Waals surface area contributed by atoms with E-state index in [1.54, 1.807) is 0 Å². The molecule has 0 aliphatic carbocycles. The first-order valence-electron chi connectivity index (χ1n) is 9.54. The summed E-state index contributed by atoms with van der Waals surface area (Å²) >= 11 is 0. The zero-order valence-electron chi connectivity index (χ0n) is 17.5. The molecule has 0 aromatic rings. The Morgan fingerprint density at radius 3 is 1.54 bits per heavy atom. The van der Waals surface area contributed by atoms with Crippen LogP contribution in [0.1, 0.15) is 20.8 Å². The summed E-state index contributed by atoms with van der Waals surface area (Å²) in [7, 11) is 0. The summed E-state index contributed by atoms with van der Waals surface area (Å²) in [4.78, 5) is 11.4. The van der Waals surface area contributed by atoms with Crippen molar-refractivity contribution in [3.05, 3.63) is 12.8 Å². The first-order chi connectivity index (χ1) is 13.5. The lowest BCUT2D eigenvalue weighted by Gasteiger charge is -2.19. The number of alkyl carbamates (subject to hydrolysis) is 1. The quantitative estimate of drug-likeness (QED) is 0.256. The molecule has 0 saturated carbocycles. The number of carbonyl (C=O) groups excluding carboxylic acids is 1. The Kier molecular flexibility index (Phi) is 18.0. The van der Waals surface area contributed by atoms with E-state index >= 15 is 0 Å². The minimum atomic E-state index is -0.498. The number of rotatable bonds is 19. The Labute approximate surface area is 168 Å². The normalized spacial score (nSPS) is 11.2. The van der Waals surface area contributed by atoms with Crippen LogP contribution in [-0.4, -0.2) is 90.9 Å². The van der Waals surface area contributed by atoms with Gasteiger partial charge >= 0.3 is 6.09 Å². The maximum absolute atomic E-state index is 11.4. The molecule has 0 spiro atoms. The van der Waals surface area contributed by atoms with Crippen molar-refractivity contribution in [2.45, 2.75) is 26.4 Å². The van der Waals surface area contributed by atoms with Gasteiger partial charge in [-0.3, -0.25) is 0 Å². The van der Waals surface area contributed by atoms with Gasteiger partial charge in [0.1, 0.15) is 12.2 Å². The van der Waals surface area contributed by atoms with Crippen molar-refractivity contribution in [3.8, 4) is 0 Å². The van der Waals surface area contributed by atoms with E-state index < -0.39 is 11.7 Å². The lowest BCUT2D eigenvalue weighted by Crippen LogP contribution is -2.34. The molecular formula is C19H37NO8. The van der Waals surface area contributed by atoms with Crippen LogP contribution >= 0.6 is 0 Å². The predicted molar refractivity (Wildman–Crippen MR) is 104 cm³/mol. The van der Waals surface area contributed by atoms with Crippen molar-refractivity contribution >= 4 is 6.09 Å². The number of nitrogens with one attached hydrogen (secondary N) is 1. The van der Waals surface area contributed by atoms with Gasteiger partial charge in [0.2, 0.25) is 0 Å². The fraction of sp³-hybridized carbons (Fsp3) is 0.842. The van der Waals surface area contributed by atoms with E-state index in [1.807, 2.05) is 20.8 Å². The summed E-state index contributed by atoms with van der Waals surface area (Å²) in [6.07, 6.45) is 0.944. The Bertz CT molecular complexity index is 373. The lowest BCUT2D eigenvalue weighted by molar-refractivity contribution is -0.0135. The molecule has 1 N–H and O–H groups in total. The van der Waals surface area contributed by atoms with E-state index in [0.29, 0.717) is 79.2 Å². The van der Waals surface area contributed by atoms with Gasteiger partial charge in [-0.2, -0.15) is 0 Å². The van der Waals surface area contributed by atoms with Crippen molar-refractivity contribution in [1.82, 2.24) is 5.32 Å². The average Bonchev–Trinajstić information content (AvgIpc) is 2.62. The van der Waals surface area contributed by atoms with E-state index in [4.69, 9.17) is 33.2 Å². The molecule has 0 fully saturated rings. The molecule has 0 rings (SSSR count). The van der Waals surface area contributed by atoms with Crippen LogP contribution in [0.5, 0.6) is 0 Å². The fourth-order valence-corrected chi connectivity index (χ4v) is 1.71. The number of hydrogen-bond donors (Lipinski definition) is 1. The molecule has 0 radical (unpaired) electrons. The third kappa shape index (κ3) is 22.7. The van der Waals surface area contributed by atoms with Crippen LogP contribution in [0.15, 0.2) is 12.8 Å². The number of carbonyl (C=O) groups is 1. The van der Waals surface area contributed by atoms with E-state index in [2.05, 4.69) is 11.9 Å². The summed E-state index contributed by atoms with van der Waals surface area (Å²) in [6, 6.07) is 0. The van der Waals surface area contributed by atoms with Gasteiger partial charge in [-0.05, 0) is 20.8 Å². The third-order valence-electron chi connectivity index (χ3n) is 2.87. The second-order valence-electron chi connectivity index (χ2n) is 6.53. The third-order valence-corrected chi connectivity index (χ3v) is 2.87. The molecule has 9 heteroatoms. The van der Waals surface area contributed by atoms with Crippen molar-refractivity contribution in [3.63, 3.8) is 0 Å². The highest BCUT2D eigenvalue weighted by molar-refractivity contribution is 5.67. The van der Waals surface area contributed by atoms with Crippen LogP contribution in [-0.2, 0) is 33.2 Å². The molecule has 1 amide bonds. The number of ether oxygens (including phenoxy) is 7. The zero-order chi connectivity index (χ0) is 20.9. The summed E-state index contributed by atoms with van der Waals surface area (Å²) in [6.45, 7) is 14.7. The van der Waals surface area contributed by atoms with Crippen LogP contribution < -0.4 is 5.32 Å². The molecule has 0 bridgehead atoms. The molecule has 0 aromatic carbocycles. The van der Waals surface area contributed by atoms with Gasteiger partial charge in [0.15, 0.2) is 0 Å². The molecule has 0 atom stereocenters. The van der Waals surface area contributed by atoms with Crippen LogP contribution in [0, 0.1) is 0 Å². The topological polar surface area (TPSA) is 93.7 Å². The molecule has 0 aromatic heterocycles. The van der Waals surface area contributed by atoms with Crippen LogP contribution in [0.2, 0.25) is 0 Å². The smallest absolute Gasteiger partial charge is 0.407 e. The highest BCUT2D eigenvalue weighted by atomic mass is 16.6. The molecule has 0 saturated heterocycles. The van der Waals surface area contributed by atoms with Crippen molar-refractivity contribution in [2.24, 2.45) is 0 Å². The summed E-state index contributed by atoms with van der Waals surface area (Å²) in [5.74, 6) is 0. The molecular weight excluding hydrogens is 370 g/mol. The average molecular weight is 408 g/mol. The maximum Gasteiger partial charge on any atom is 0.407 e. The Morgan fingerprint density at radius 2 is 1.14 bits per heavy atom. The summed E-state index contributed by atoms with van der Waals surface area (Å²) < 4.78 is 36.8. The molecule has 0 aliphatic heterocycles. The maximum atomic E-state index is 11.4. The van der Waals surface area contributed by atoms with Gasteiger partial charge < -0.3 is 38.5 Å². The lowest BCUT2D eigenvalue weighted by atomic mass is 10.2. The van der Waals surface area contributed by atoms with Crippen molar-refractivity contribution in [2.75, 3.05) is 79.2 Å². The Balaban J connectivity index is 3.12. The highest BCUT2D eigenvalue weighted by Gasteiger charge is 2.15. The monoisotopic (exact) mass is 407 g/mol. The number of hydrogen-bond acceptors (Lipinski definition) is 8. The molecule has 9 nitrogen and oxygen atoms in total. The second-order valence-corrected chi connectivity index (χ2v) is 6.53. The number of amides is 1. The summed E-state index contributed by atoms with van der Waals surface area (Å²) in [5, 5.41) is 2.62. The molecule has 28 heavy (non-hydrogen) atoms. The minimum Gasteiger partial charge on any atom is -0.499 e. The molecule has 0 aliphatic rings. The van der Waals surface area contributed by atoms with E-state index in [-0.39, 0.29) is 0 Å². The largest absolute Gasteiger partial charge is 0.499 e. The van der Waals surface area contributed by atoms with Crippen molar-refractivity contribution < 1.29 is 38.0 Å². The zero-order valence-corrected chi connectivity index (χ0v) is 17.5. The Morgan fingerprint density at radius 1 is 0.750 bits per heavy atom. The van der Waals surface area contributed by atoms with Crippen LogP contribution in [0.3, 0.4) is 0 Å². The van der Waals surface area contributed by atoms with E-state index in [1.165, 1.54) is 6.26 Å². The first kappa shape index (κ1) is 26.6. The summed E-state index contributed by atoms with van der Waals surface area (Å²) in [5.41, 5.74) is -0.498. The van der Waals surface area contributed by atoms with Gasteiger partial charge in [0.05, 0.1) is 72.3 Å². The van der Waals surface area contributed by atoms with Gasteiger partial charge in [-0.25, -0.2) is 4.79 Å². The second kappa shape index (κ2) is 18.9. The molecule has 0 unspecified atom stereocenters. The standard InChI is InChI=1S/C19H37NO8/c1-5-22-8-9-24-12-13-26-16-17-27-15-14-25-11-10-23-7-6-20-18(21)28-19(2,3)4/h5H,1,6-17H2,2-4H3,(H,20,21). The first-order valence-corrected chi connectivity index (χ1v) is 9.54. The van der Waals surface area contributed by atoms with Crippen molar-refractivity contribution in [1.29, 1.82) is 0 Å². The van der Waals surface area contributed by atoms with Gasteiger partial charge in [-0.15, -0.1) is 0 Å². The fourth-order valence-electron chi connectivity index (χ4n) is 1.71. The van der Waals surface area contributed by atoms with Crippen LogP contribution in [0.25, 0.3) is 0 Å². The van der Waals surface area contributed by atoms with Gasteiger partial charge in [0, 0.05) is 6.54 Å². The predicted octanol–water partition coefficient (Wildman–Crippen LogP) is 1.75. The van der Waals surface area contributed by atoms with E-state index in [9.17, 15) is 4.79 Å². The SMILES string of the molecule is C=COCCOCCOCCOCCOCCOCCNC(=O)OC(C)(C)C. The molecule has 0 heterocycles. The van der Waals surface area contributed by atoms with Gasteiger partial charge in [0.25, 0.3) is 0 Å².